The molecule has 3 heteroatoms. The van der Waals surface area contributed by atoms with E-state index in [-0.39, 0.29) is 0 Å². The fourth-order valence-electron chi connectivity index (χ4n) is 3.46. The lowest BCUT2D eigenvalue weighted by atomic mass is 9.86. The van der Waals surface area contributed by atoms with Gasteiger partial charge in [0.15, 0.2) is 0 Å². The van der Waals surface area contributed by atoms with Crippen molar-refractivity contribution in [3.63, 3.8) is 0 Å². The molecule has 0 radical (unpaired) electrons. The van der Waals surface area contributed by atoms with Crippen LogP contribution in [0.2, 0.25) is 0 Å². The van der Waals surface area contributed by atoms with E-state index in [1.165, 1.54) is 0 Å². The van der Waals surface area contributed by atoms with Crippen LogP contribution in [0.15, 0.2) is 54.6 Å². The lowest BCUT2D eigenvalue weighted by molar-refractivity contribution is -0.254. The van der Waals surface area contributed by atoms with Crippen molar-refractivity contribution in [2.24, 2.45) is 0 Å². The third-order valence-electron chi connectivity index (χ3n) is 4.51. The van der Waals surface area contributed by atoms with Gasteiger partial charge >= 0.3 is 0 Å². The number of aromatic nitrogens is 1. The summed E-state index contributed by atoms with van der Waals surface area (Å²) in [5, 5.41) is 12.5. The summed E-state index contributed by atoms with van der Waals surface area (Å²) in [5.74, 6) is -1.12. The van der Waals surface area contributed by atoms with Gasteiger partial charge in [0.05, 0.1) is 17.2 Å². The number of carboxylic acid groups (broad SMARTS) is 1. The van der Waals surface area contributed by atoms with E-state index in [1.807, 2.05) is 54.6 Å². The molecule has 0 N–H and O–H groups in total. The lowest BCUT2D eigenvalue weighted by Gasteiger charge is -2.23. The van der Waals surface area contributed by atoms with E-state index in [4.69, 9.17) is 4.98 Å². The average molecular weight is 314 g/mol. The topological polar surface area (TPSA) is 53.0 Å². The maximum atomic E-state index is 11.8. The van der Waals surface area contributed by atoms with Crippen LogP contribution in [-0.2, 0) is 6.42 Å². The van der Waals surface area contributed by atoms with Gasteiger partial charge in [-0.3, -0.25) is 0 Å². The summed E-state index contributed by atoms with van der Waals surface area (Å²) in [5.41, 5.74) is 4.82. The SMILES string of the molecule is O=C([O-])c1c2c(nc3ccccc13)/C(=C/c1ccccc1)CCC2. The number of pyridine rings is 1. The number of benzene rings is 2. The highest BCUT2D eigenvalue weighted by Gasteiger charge is 2.21. The number of carbonyl (C=O) groups is 1. The molecule has 3 aromatic rings. The minimum absolute atomic E-state index is 0.300. The van der Waals surface area contributed by atoms with Crippen molar-refractivity contribution in [1.82, 2.24) is 4.98 Å². The average Bonchev–Trinajstić information content (AvgIpc) is 2.61. The summed E-state index contributed by atoms with van der Waals surface area (Å²) in [6.45, 7) is 0. The summed E-state index contributed by atoms with van der Waals surface area (Å²) in [7, 11) is 0. The molecule has 1 aromatic heterocycles. The fraction of sp³-hybridized carbons (Fsp3) is 0.143. The minimum atomic E-state index is -1.12. The zero-order chi connectivity index (χ0) is 16.5. The highest BCUT2D eigenvalue weighted by atomic mass is 16.4. The standard InChI is InChI=1S/C21H17NO2/c23-21(24)19-16-10-4-5-12-18(16)22-20-15(9-6-11-17(19)20)13-14-7-2-1-3-8-14/h1-5,7-8,10,12-13H,6,9,11H2,(H,23,24)/p-1/b15-13+. The molecule has 3 nitrogen and oxygen atoms in total. The molecule has 0 saturated carbocycles. The second-order valence-corrected chi connectivity index (χ2v) is 6.05. The van der Waals surface area contributed by atoms with Gasteiger partial charge in [0.1, 0.15) is 0 Å². The van der Waals surface area contributed by atoms with E-state index in [0.29, 0.717) is 16.5 Å². The van der Waals surface area contributed by atoms with E-state index in [1.54, 1.807) is 0 Å². The Morgan fingerprint density at radius 1 is 1.00 bits per heavy atom. The normalized spacial score (nSPS) is 15.4. The molecule has 0 atom stereocenters. The number of rotatable bonds is 2. The van der Waals surface area contributed by atoms with Gasteiger partial charge in [-0.05, 0) is 48.1 Å². The predicted molar refractivity (Wildman–Crippen MR) is 93.3 cm³/mol. The van der Waals surface area contributed by atoms with Crippen molar-refractivity contribution in [2.45, 2.75) is 19.3 Å². The van der Waals surface area contributed by atoms with Crippen molar-refractivity contribution in [3.05, 3.63) is 77.0 Å². The van der Waals surface area contributed by atoms with Crippen LogP contribution in [0.5, 0.6) is 0 Å². The molecule has 0 unspecified atom stereocenters. The maximum absolute atomic E-state index is 11.8. The number of nitrogens with zero attached hydrogens (tertiary/aromatic N) is 1. The summed E-state index contributed by atoms with van der Waals surface area (Å²) in [4.78, 5) is 16.6. The van der Waals surface area contributed by atoms with E-state index in [2.05, 4.69) is 6.08 Å². The zero-order valence-corrected chi connectivity index (χ0v) is 13.2. The van der Waals surface area contributed by atoms with Crippen LogP contribution in [0.1, 0.15) is 40.0 Å². The Hall–Kier alpha value is -2.94. The number of hydrogen-bond donors (Lipinski definition) is 0. The highest BCUT2D eigenvalue weighted by molar-refractivity contribution is 6.05. The van der Waals surface area contributed by atoms with Gasteiger partial charge in [-0.2, -0.15) is 0 Å². The van der Waals surface area contributed by atoms with E-state index in [9.17, 15) is 9.90 Å². The number of fused-ring (bicyclic) bond motifs is 2. The molecule has 1 aliphatic rings. The Morgan fingerprint density at radius 2 is 1.75 bits per heavy atom. The third kappa shape index (κ3) is 2.48. The van der Waals surface area contributed by atoms with Crippen LogP contribution in [-0.4, -0.2) is 11.0 Å². The van der Waals surface area contributed by atoms with E-state index >= 15 is 0 Å². The molecule has 24 heavy (non-hydrogen) atoms. The molecule has 0 aliphatic heterocycles. The number of allylic oxidation sites excluding steroid dienone is 1. The molecular weight excluding hydrogens is 298 g/mol. The van der Waals surface area contributed by atoms with Crippen LogP contribution in [0.3, 0.4) is 0 Å². The number of aromatic carboxylic acids is 1. The lowest BCUT2D eigenvalue weighted by Crippen LogP contribution is -2.26. The van der Waals surface area contributed by atoms with Gasteiger partial charge in [0.2, 0.25) is 0 Å². The van der Waals surface area contributed by atoms with Gasteiger partial charge in [0, 0.05) is 10.9 Å². The molecule has 0 spiro atoms. The molecule has 0 amide bonds. The van der Waals surface area contributed by atoms with Crippen LogP contribution < -0.4 is 5.11 Å². The van der Waals surface area contributed by atoms with Crippen LogP contribution in [0, 0.1) is 0 Å². The third-order valence-corrected chi connectivity index (χ3v) is 4.51. The monoisotopic (exact) mass is 314 g/mol. The van der Waals surface area contributed by atoms with Gasteiger partial charge in [0.25, 0.3) is 0 Å². The van der Waals surface area contributed by atoms with Gasteiger partial charge in [-0.15, -0.1) is 0 Å². The maximum Gasteiger partial charge on any atom is 0.0725 e. The van der Waals surface area contributed by atoms with E-state index < -0.39 is 5.97 Å². The molecule has 0 fully saturated rings. The summed E-state index contributed by atoms with van der Waals surface area (Å²) in [6.07, 6.45) is 4.66. The largest absolute Gasteiger partial charge is 0.545 e. The summed E-state index contributed by atoms with van der Waals surface area (Å²) < 4.78 is 0. The van der Waals surface area contributed by atoms with Gasteiger partial charge in [-0.25, -0.2) is 4.98 Å². The Bertz CT molecular complexity index is 958. The quantitative estimate of drug-likeness (QED) is 0.728. The van der Waals surface area contributed by atoms with Crippen molar-refractivity contribution in [2.75, 3.05) is 0 Å². The van der Waals surface area contributed by atoms with E-state index in [0.717, 1.165) is 41.7 Å². The van der Waals surface area contributed by atoms with Crippen LogP contribution >= 0.6 is 0 Å². The molecule has 118 valence electrons. The number of hydrogen-bond acceptors (Lipinski definition) is 3. The first-order valence-corrected chi connectivity index (χ1v) is 8.13. The number of para-hydroxylation sites is 1. The Kier molecular flexibility index (Phi) is 3.62. The highest BCUT2D eigenvalue weighted by Crippen LogP contribution is 2.35. The fourth-order valence-corrected chi connectivity index (χ4v) is 3.46. The van der Waals surface area contributed by atoms with Gasteiger partial charge < -0.3 is 9.90 Å². The second kappa shape index (κ2) is 5.93. The molecule has 2 aromatic carbocycles. The first kappa shape index (κ1) is 14.6. The molecular formula is C21H16NO2-. The molecule has 1 aliphatic carbocycles. The van der Waals surface area contributed by atoms with Crippen molar-refractivity contribution < 1.29 is 9.90 Å². The number of carboxylic acids is 1. The Balaban J connectivity index is 1.98. The van der Waals surface area contributed by atoms with Crippen molar-refractivity contribution >= 4 is 28.5 Å². The summed E-state index contributed by atoms with van der Waals surface area (Å²) >= 11 is 0. The first-order valence-electron chi connectivity index (χ1n) is 8.13. The molecule has 1 heterocycles. The van der Waals surface area contributed by atoms with Crippen LogP contribution in [0.25, 0.3) is 22.6 Å². The van der Waals surface area contributed by atoms with Crippen LogP contribution in [0.4, 0.5) is 0 Å². The predicted octanol–water partition coefficient (Wildman–Crippen LogP) is 3.48. The minimum Gasteiger partial charge on any atom is -0.545 e. The molecule has 0 bridgehead atoms. The van der Waals surface area contributed by atoms with Crippen molar-refractivity contribution in [1.29, 1.82) is 0 Å². The second-order valence-electron chi connectivity index (χ2n) is 6.05. The zero-order valence-electron chi connectivity index (χ0n) is 13.2. The Morgan fingerprint density at radius 3 is 2.54 bits per heavy atom. The Labute approximate surface area is 140 Å². The summed E-state index contributed by atoms with van der Waals surface area (Å²) in [6, 6.07) is 17.4. The first-order chi connectivity index (χ1) is 11.7. The van der Waals surface area contributed by atoms with Gasteiger partial charge in [-0.1, -0.05) is 48.5 Å². The van der Waals surface area contributed by atoms with Crippen molar-refractivity contribution in [3.8, 4) is 0 Å². The molecule has 0 saturated heterocycles. The smallest absolute Gasteiger partial charge is 0.0725 e. The number of carbonyl (C=O) groups excluding carboxylic acids is 1. The molecule has 4 rings (SSSR count).